The normalized spacial score (nSPS) is 24.4. The minimum atomic E-state index is -0.372. The van der Waals surface area contributed by atoms with Gasteiger partial charge in [-0.25, -0.2) is 9.97 Å². The van der Waals surface area contributed by atoms with Crippen LogP contribution >= 0.6 is 0 Å². The zero-order valence-corrected chi connectivity index (χ0v) is 9.92. The van der Waals surface area contributed by atoms with Crippen LogP contribution in [0.15, 0.2) is 6.33 Å². The van der Waals surface area contributed by atoms with Crippen molar-refractivity contribution in [3.8, 4) is 11.8 Å². The van der Waals surface area contributed by atoms with Crippen molar-refractivity contribution in [2.45, 2.75) is 25.0 Å². The fourth-order valence-corrected chi connectivity index (χ4v) is 1.95. The van der Waals surface area contributed by atoms with Gasteiger partial charge in [-0.1, -0.05) is 0 Å². The van der Waals surface area contributed by atoms with Crippen molar-refractivity contribution in [3.63, 3.8) is 0 Å². The molecule has 2 heterocycles. The molecule has 6 nitrogen and oxygen atoms in total. The molecular weight excluding hydrogens is 224 g/mol. The van der Waals surface area contributed by atoms with Gasteiger partial charge in [0.15, 0.2) is 0 Å². The summed E-state index contributed by atoms with van der Waals surface area (Å²) in [6.07, 6.45) is 1.86. The monoisotopic (exact) mass is 240 g/mol. The molecule has 2 rings (SSSR count). The van der Waals surface area contributed by atoms with E-state index in [1.54, 1.807) is 0 Å². The Kier molecular flexibility index (Phi) is 3.75. The summed E-state index contributed by atoms with van der Waals surface area (Å²) < 4.78 is 16.0. The van der Waals surface area contributed by atoms with E-state index < -0.39 is 0 Å². The zero-order valence-electron chi connectivity index (χ0n) is 9.92. The number of rotatable bonds is 3. The molecule has 0 saturated carbocycles. The summed E-state index contributed by atoms with van der Waals surface area (Å²) in [4.78, 5) is 8.06. The highest BCUT2D eigenvalue weighted by atomic mass is 16.5. The molecule has 94 valence electrons. The predicted molar refractivity (Wildman–Crippen MR) is 59.1 cm³/mol. The molecule has 0 amide bonds. The van der Waals surface area contributed by atoms with E-state index in [2.05, 4.69) is 9.97 Å². The zero-order chi connectivity index (χ0) is 12.3. The third kappa shape index (κ3) is 2.48. The van der Waals surface area contributed by atoms with E-state index in [4.69, 9.17) is 14.2 Å². The lowest BCUT2D eigenvalue weighted by Gasteiger charge is -2.27. The van der Waals surface area contributed by atoms with Gasteiger partial charge in [-0.05, 0) is 6.42 Å². The van der Waals surface area contributed by atoms with Crippen molar-refractivity contribution in [1.29, 1.82) is 0 Å². The first-order chi connectivity index (χ1) is 8.26. The summed E-state index contributed by atoms with van der Waals surface area (Å²) >= 11 is 0. The van der Waals surface area contributed by atoms with E-state index in [0.717, 1.165) is 0 Å². The van der Waals surface area contributed by atoms with Crippen LogP contribution in [0.1, 0.15) is 24.5 Å². The third-order valence-corrected chi connectivity index (χ3v) is 2.78. The number of nitrogens with zero attached hydrogens (tertiary/aromatic N) is 2. The Morgan fingerprint density at radius 1 is 1.29 bits per heavy atom. The van der Waals surface area contributed by atoms with E-state index in [1.165, 1.54) is 20.5 Å². The number of hydrogen-bond donors (Lipinski definition) is 1. The second-order valence-electron chi connectivity index (χ2n) is 3.84. The number of aliphatic hydroxyl groups is 1. The van der Waals surface area contributed by atoms with Crippen molar-refractivity contribution in [1.82, 2.24) is 9.97 Å². The van der Waals surface area contributed by atoms with Crippen LogP contribution < -0.4 is 9.47 Å². The minimum absolute atomic E-state index is 0.287. The Morgan fingerprint density at radius 2 is 1.94 bits per heavy atom. The van der Waals surface area contributed by atoms with Crippen molar-refractivity contribution in [2.75, 3.05) is 20.8 Å². The average molecular weight is 240 g/mol. The summed E-state index contributed by atoms with van der Waals surface area (Å²) in [5.41, 5.74) is 0.663. The Morgan fingerprint density at radius 3 is 2.47 bits per heavy atom. The van der Waals surface area contributed by atoms with Gasteiger partial charge in [-0.15, -0.1) is 0 Å². The first kappa shape index (κ1) is 12.1. The summed E-state index contributed by atoms with van der Waals surface area (Å²) in [6.45, 7) is 0.507. The molecule has 0 aliphatic carbocycles. The van der Waals surface area contributed by atoms with Gasteiger partial charge in [0.05, 0.1) is 26.4 Å². The van der Waals surface area contributed by atoms with E-state index >= 15 is 0 Å². The molecule has 1 aliphatic rings. The van der Waals surface area contributed by atoms with Crippen LogP contribution in [-0.2, 0) is 4.74 Å². The largest absolute Gasteiger partial charge is 0.481 e. The molecule has 1 aromatic rings. The highest BCUT2D eigenvalue weighted by molar-refractivity contribution is 5.36. The molecule has 0 bridgehead atoms. The van der Waals surface area contributed by atoms with Crippen molar-refractivity contribution < 1.29 is 19.3 Å². The lowest BCUT2D eigenvalue weighted by Crippen LogP contribution is -2.24. The number of hydrogen-bond acceptors (Lipinski definition) is 6. The van der Waals surface area contributed by atoms with Gasteiger partial charge in [0.1, 0.15) is 11.9 Å². The Labute approximate surface area is 99.6 Å². The highest BCUT2D eigenvalue weighted by Crippen LogP contribution is 2.37. The minimum Gasteiger partial charge on any atom is -0.481 e. The second kappa shape index (κ2) is 5.29. The van der Waals surface area contributed by atoms with Crippen LogP contribution in [0, 0.1) is 0 Å². The van der Waals surface area contributed by atoms with E-state index in [-0.39, 0.29) is 12.2 Å². The van der Waals surface area contributed by atoms with Crippen molar-refractivity contribution in [3.05, 3.63) is 11.9 Å². The fourth-order valence-electron chi connectivity index (χ4n) is 1.95. The van der Waals surface area contributed by atoms with Crippen LogP contribution in [0.4, 0.5) is 0 Å². The molecule has 0 radical (unpaired) electrons. The summed E-state index contributed by atoms with van der Waals surface area (Å²) in [7, 11) is 3.06. The third-order valence-electron chi connectivity index (χ3n) is 2.78. The molecule has 1 aromatic heterocycles. The predicted octanol–water partition coefficient (Wildman–Crippen LogP) is 0.706. The molecule has 1 N–H and O–H groups in total. The van der Waals surface area contributed by atoms with Gasteiger partial charge in [0.2, 0.25) is 11.8 Å². The van der Waals surface area contributed by atoms with Crippen LogP contribution in [0.3, 0.4) is 0 Å². The lowest BCUT2D eigenvalue weighted by atomic mass is 10.0. The number of ether oxygens (including phenoxy) is 3. The molecule has 0 aromatic carbocycles. The summed E-state index contributed by atoms with van der Waals surface area (Å²) in [5, 5.41) is 9.67. The molecule has 2 unspecified atom stereocenters. The number of aliphatic hydroxyl groups excluding tert-OH is 1. The lowest BCUT2D eigenvalue weighted by molar-refractivity contribution is -0.0468. The molecule has 1 saturated heterocycles. The molecule has 6 heteroatoms. The first-order valence-corrected chi connectivity index (χ1v) is 5.48. The van der Waals surface area contributed by atoms with Crippen LogP contribution in [0.5, 0.6) is 11.8 Å². The molecule has 17 heavy (non-hydrogen) atoms. The van der Waals surface area contributed by atoms with E-state index in [0.29, 0.717) is 36.8 Å². The van der Waals surface area contributed by atoms with Crippen LogP contribution in [0.2, 0.25) is 0 Å². The standard InChI is InChI=1S/C11H16N2O4/c1-15-10-9(11(16-2)13-6-12-10)8-5-7(14)3-4-17-8/h6-8,14H,3-5H2,1-2H3. The maximum Gasteiger partial charge on any atom is 0.225 e. The smallest absolute Gasteiger partial charge is 0.225 e. The summed E-state index contributed by atoms with van der Waals surface area (Å²) in [5.74, 6) is 0.854. The van der Waals surface area contributed by atoms with Gasteiger partial charge in [0, 0.05) is 13.0 Å². The van der Waals surface area contributed by atoms with Gasteiger partial charge < -0.3 is 19.3 Å². The topological polar surface area (TPSA) is 73.7 Å². The van der Waals surface area contributed by atoms with Crippen LogP contribution in [0.25, 0.3) is 0 Å². The SMILES string of the molecule is COc1ncnc(OC)c1C1CC(O)CCO1. The molecular formula is C11H16N2O4. The van der Waals surface area contributed by atoms with Gasteiger partial charge in [0.25, 0.3) is 0 Å². The first-order valence-electron chi connectivity index (χ1n) is 5.48. The maximum atomic E-state index is 9.67. The molecule has 2 atom stereocenters. The van der Waals surface area contributed by atoms with Gasteiger partial charge in [-0.3, -0.25) is 0 Å². The number of aromatic nitrogens is 2. The molecule has 1 fully saturated rings. The molecule has 1 aliphatic heterocycles. The molecule has 0 spiro atoms. The summed E-state index contributed by atoms with van der Waals surface area (Å²) in [6, 6.07) is 0. The average Bonchev–Trinajstić information content (AvgIpc) is 2.37. The number of methoxy groups -OCH3 is 2. The van der Waals surface area contributed by atoms with E-state index in [9.17, 15) is 5.11 Å². The Bertz CT molecular complexity index is 363. The van der Waals surface area contributed by atoms with Crippen LogP contribution in [-0.4, -0.2) is 42.0 Å². The van der Waals surface area contributed by atoms with Crippen molar-refractivity contribution in [2.24, 2.45) is 0 Å². The van der Waals surface area contributed by atoms with Gasteiger partial charge in [-0.2, -0.15) is 0 Å². The fraction of sp³-hybridized carbons (Fsp3) is 0.636. The maximum absolute atomic E-state index is 9.67. The van der Waals surface area contributed by atoms with Crippen molar-refractivity contribution >= 4 is 0 Å². The Hall–Kier alpha value is -1.40. The van der Waals surface area contributed by atoms with E-state index in [1.807, 2.05) is 0 Å². The quantitative estimate of drug-likeness (QED) is 0.838. The Balaban J connectivity index is 2.34. The highest BCUT2D eigenvalue weighted by Gasteiger charge is 2.29. The van der Waals surface area contributed by atoms with Gasteiger partial charge >= 0.3 is 0 Å². The second-order valence-corrected chi connectivity index (χ2v) is 3.84.